The van der Waals surface area contributed by atoms with E-state index in [0.29, 0.717) is 17.8 Å². The molecule has 9 heteroatoms. The van der Waals surface area contributed by atoms with Crippen LogP contribution in [0, 0.1) is 11.3 Å². The van der Waals surface area contributed by atoms with Crippen molar-refractivity contribution >= 4 is 23.1 Å². The van der Waals surface area contributed by atoms with Gasteiger partial charge in [0.05, 0.1) is 35.7 Å². The maximum absolute atomic E-state index is 13.7. The molecule has 5 rings (SSSR count). The summed E-state index contributed by atoms with van der Waals surface area (Å²) >= 11 is 0. The summed E-state index contributed by atoms with van der Waals surface area (Å²) in [5.74, 6) is -3.32. The summed E-state index contributed by atoms with van der Waals surface area (Å²) in [5, 5.41) is 9.56. The maximum Gasteiger partial charge on any atom is 0.417 e. The molecule has 0 N–H and O–H groups in total. The van der Waals surface area contributed by atoms with Gasteiger partial charge >= 0.3 is 6.18 Å². The van der Waals surface area contributed by atoms with Crippen molar-refractivity contribution in [3.8, 4) is 6.07 Å². The van der Waals surface area contributed by atoms with E-state index in [0.717, 1.165) is 12.1 Å². The molecule has 0 aliphatic carbocycles. The Balaban J connectivity index is 1.67. The van der Waals surface area contributed by atoms with Crippen molar-refractivity contribution in [3.63, 3.8) is 0 Å². The largest absolute Gasteiger partial charge is 0.417 e. The minimum Gasteiger partial charge on any atom is -0.338 e. The fourth-order valence-electron chi connectivity index (χ4n) is 4.41. The SMILES string of the molecule is N#Cc1ccccc1N1C(=O)C2(OCCCO2)c2cc(C(=O)c3ccccc3C(F)(F)F)ccc21. The number of hydrogen-bond acceptors (Lipinski definition) is 5. The summed E-state index contributed by atoms with van der Waals surface area (Å²) < 4.78 is 52.2. The molecular weight excluding hydrogens is 461 g/mol. The van der Waals surface area contributed by atoms with E-state index in [-0.39, 0.29) is 29.9 Å². The molecule has 0 atom stereocenters. The highest BCUT2D eigenvalue weighted by Gasteiger charge is 2.56. The number of fused-ring (bicyclic) bond motifs is 2. The highest BCUT2D eigenvalue weighted by molar-refractivity contribution is 6.14. The predicted molar refractivity (Wildman–Crippen MR) is 118 cm³/mol. The molecule has 176 valence electrons. The Kier molecular flexibility index (Phi) is 5.43. The number of hydrogen-bond donors (Lipinski definition) is 0. The molecule has 2 aliphatic rings. The summed E-state index contributed by atoms with van der Waals surface area (Å²) in [6.45, 7) is 0.405. The van der Waals surface area contributed by atoms with Crippen LogP contribution in [0.15, 0.2) is 66.7 Å². The summed E-state index contributed by atoms with van der Waals surface area (Å²) in [6, 6.07) is 17.2. The van der Waals surface area contributed by atoms with E-state index < -0.39 is 34.8 Å². The molecule has 1 saturated heterocycles. The van der Waals surface area contributed by atoms with Crippen LogP contribution < -0.4 is 4.90 Å². The Hall–Kier alpha value is -4.00. The third kappa shape index (κ3) is 3.58. The zero-order chi connectivity index (χ0) is 24.8. The van der Waals surface area contributed by atoms with Crippen molar-refractivity contribution in [2.24, 2.45) is 0 Å². The first-order valence-corrected chi connectivity index (χ1v) is 10.7. The van der Waals surface area contributed by atoms with E-state index in [9.17, 15) is 28.0 Å². The minimum absolute atomic E-state index is 0.0548. The van der Waals surface area contributed by atoms with E-state index in [1.54, 1.807) is 24.3 Å². The molecule has 0 unspecified atom stereocenters. The number of benzene rings is 3. The lowest BCUT2D eigenvalue weighted by Crippen LogP contribution is -2.46. The van der Waals surface area contributed by atoms with Gasteiger partial charge in [0.15, 0.2) is 5.78 Å². The quantitative estimate of drug-likeness (QED) is 0.491. The summed E-state index contributed by atoms with van der Waals surface area (Å²) in [7, 11) is 0. The van der Waals surface area contributed by atoms with Gasteiger partial charge in [0.1, 0.15) is 6.07 Å². The fraction of sp³-hybridized carbons (Fsp3) is 0.192. The lowest BCUT2D eigenvalue weighted by molar-refractivity contribution is -0.256. The Morgan fingerprint density at radius 1 is 0.971 bits per heavy atom. The number of carbonyl (C=O) groups is 2. The summed E-state index contributed by atoms with van der Waals surface area (Å²) in [6.07, 6.45) is -4.18. The first kappa shape index (κ1) is 22.8. The average molecular weight is 478 g/mol. The Bertz CT molecular complexity index is 1390. The first-order valence-electron chi connectivity index (χ1n) is 10.7. The third-order valence-electron chi connectivity index (χ3n) is 5.98. The second kappa shape index (κ2) is 8.34. The van der Waals surface area contributed by atoms with Crippen LogP contribution in [0.4, 0.5) is 24.5 Å². The zero-order valence-corrected chi connectivity index (χ0v) is 18.1. The van der Waals surface area contributed by atoms with E-state index >= 15 is 0 Å². The molecular formula is C26H17F3N2O4. The lowest BCUT2D eigenvalue weighted by Gasteiger charge is -2.32. The van der Waals surface area contributed by atoms with Gasteiger partial charge in [-0.2, -0.15) is 18.4 Å². The van der Waals surface area contributed by atoms with E-state index in [1.807, 2.05) is 0 Å². The van der Waals surface area contributed by atoms with Gasteiger partial charge in [-0.15, -0.1) is 0 Å². The molecule has 1 spiro atoms. The molecule has 0 aromatic heterocycles. The number of rotatable bonds is 3. The second-order valence-electron chi connectivity index (χ2n) is 8.04. The Morgan fingerprint density at radius 2 is 1.66 bits per heavy atom. The number of halogens is 3. The number of ether oxygens (including phenoxy) is 2. The predicted octanol–water partition coefficient (Wildman–Crippen LogP) is 5.08. The molecule has 6 nitrogen and oxygen atoms in total. The van der Waals surface area contributed by atoms with Gasteiger partial charge in [-0.3, -0.25) is 14.5 Å². The topological polar surface area (TPSA) is 79.6 Å². The number of amides is 1. The van der Waals surface area contributed by atoms with Crippen LogP contribution in [0.2, 0.25) is 0 Å². The number of ketones is 1. The van der Waals surface area contributed by atoms with Gasteiger partial charge in [0, 0.05) is 16.7 Å². The molecule has 1 amide bonds. The molecule has 2 aliphatic heterocycles. The molecule has 0 saturated carbocycles. The highest BCUT2D eigenvalue weighted by atomic mass is 19.4. The molecule has 35 heavy (non-hydrogen) atoms. The third-order valence-corrected chi connectivity index (χ3v) is 5.98. The zero-order valence-electron chi connectivity index (χ0n) is 18.1. The number of carbonyl (C=O) groups excluding carboxylic acids is 2. The number of alkyl halides is 3. The molecule has 0 bridgehead atoms. The van der Waals surface area contributed by atoms with Crippen molar-refractivity contribution in [3.05, 3.63) is 94.5 Å². The number of anilines is 2. The van der Waals surface area contributed by atoms with Gasteiger partial charge in [-0.25, -0.2) is 0 Å². The average Bonchev–Trinajstić information content (AvgIpc) is 3.10. The first-order chi connectivity index (χ1) is 16.8. The van der Waals surface area contributed by atoms with Gasteiger partial charge in [0.25, 0.3) is 11.7 Å². The Morgan fingerprint density at radius 3 is 2.37 bits per heavy atom. The Labute approximate surface area is 198 Å². The number of nitrogens with zero attached hydrogens (tertiary/aromatic N) is 2. The van der Waals surface area contributed by atoms with Gasteiger partial charge in [-0.1, -0.05) is 30.3 Å². The summed E-state index contributed by atoms with van der Waals surface area (Å²) in [5.41, 5.74) is -0.552. The highest BCUT2D eigenvalue weighted by Crippen LogP contribution is 2.49. The van der Waals surface area contributed by atoms with Crippen molar-refractivity contribution in [1.82, 2.24) is 0 Å². The van der Waals surface area contributed by atoms with Crippen LogP contribution in [-0.2, 0) is 26.2 Å². The van der Waals surface area contributed by atoms with E-state index in [4.69, 9.17) is 9.47 Å². The molecule has 1 fully saturated rings. The van der Waals surface area contributed by atoms with Gasteiger partial charge < -0.3 is 9.47 Å². The molecule has 3 aromatic carbocycles. The van der Waals surface area contributed by atoms with Crippen LogP contribution in [-0.4, -0.2) is 24.9 Å². The fourth-order valence-corrected chi connectivity index (χ4v) is 4.41. The monoisotopic (exact) mass is 478 g/mol. The maximum atomic E-state index is 13.7. The van der Waals surface area contributed by atoms with E-state index in [2.05, 4.69) is 6.07 Å². The summed E-state index contributed by atoms with van der Waals surface area (Å²) in [4.78, 5) is 28.2. The van der Waals surface area contributed by atoms with Crippen LogP contribution in [0.5, 0.6) is 0 Å². The normalized spacial score (nSPS) is 16.7. The van der Waals surface area contributed by atoms with Crippen molar-refractivity contribution in [2.45, 2.75) is 18.4 Å². The van der Waals surface area contributed by atoms with Gasteiger partial charge in [-0.05, 0) is 42.8 Å². The van der Waals surface area contributed by atoms with E-state index in [1.165, 1.54) is 35.2 Å². The number of para-hydroxylation sites is 1. The van der Waals surface area contributed by atoms with Crippen LogP contribution >= 0.6 is 0 Å². The second-order valence-corrected chi connectivity index (χ2v) is 8.04. The molecule has 3 aromatic rings. The number of nitriles is 1. The molecule has 2 heterocycles. The van der Waals surface area contributed by atoms with Crippen molar-refractivity contribution < 1.29 is 32.2 Å². The minimum atomic E-state index is -4.71. The van der Waals surface area contributed by atoms with Crippen LogP contribution in [0.1, 0.15) is 39.0 Å². The smallest absolute Gasteiger partial charge is 0.338 e. The van der Waals surface area contributed by atoms with Crippen molar-refractivity contribution in [2.75, 3.05) is 18.1 Å². The standard InChI is InChI=1S/C26H17F3N2O4/c27-26(28,29)19-8-3-2-7-18(19)23(32)16-10-11-22-20(14-16)25(34-12-5-13-35-25)24(33)31(22)21-9-4-1-6-17(21)15-30/h1-4,6-11,14H,5,12-13H2. The van der Waals surface area contributed by atoms with Gasteiger partial charge in [0.2, 0.25) is 0 Å². The van der Waals surface area contributed by atoms with Crippen LogP contribution in [0.3, 0.4) is 0 Å². The lowest BCUT2D eigenvalue weighted by atomic mass is 9.95. The molecule has 0 radical (unpaired) electrons. The van der Waals surface area contributed by atoms with Crippen LogP contribution in [0.25, 0.3) is 0 Å². The van der Waals surface area contributed by atoms with Crippen molar-refractivity contribution in [1.29, 1.82) is 5.26 Å².